The molecule has 2 fully saturated rings. The Morgan fingerprint density at radius 3 is 2.24 bits per heavy atom. The van der Waals surface area contributed by atoms with Crippen LogP contribution in [0.15, 0.2) is 18.2 Å². The molecule has 6 heteroatoms. The van der Waals surface area contributed by atoms with Crippen molar-refractivity contribution in [3.05, 3.63) is 44.6 Å². The van der Waals surface area contributed by atoms with Crippen LogP contribution in [0.5, 0.6) is 11.5 Å². The smallest absolute Gasteiger partial charge is 0.314 e. The van der Waals surface area contributed by atoms with Crippen molar-refractivity contribution in [1.82, 2.24) is 5.32 Å². The van der Waals surface area contributed by atoms with E-state index in [9.17, 15) is 9.59 Å². The molecule has 1 aromatic heterocycles. The molecule has 2 heterocycles. The molecule has 4 aliphatic rings. The molecule has 1 N–H and O–H groups in total. The predicted octanol–water partition coefficient (Wildman–Crippen LogP) is 5.66. The second kappa shape index (κ2) is 9.12. The Morgan fingerprint density at radius 1 is 0.941 bits per heavy atom. The van der Waals surface area contributed by atoms with Crippen LogP contribution < -0.4 is 14.8 Å². The van der Waals surface area contributed by atoms with Gasteiger partial charge in [-0.25, -0.2) is 0 Å². The Labute approximate surface area is 205 Å². The van der Waals surface area contributed by atoms with E-state index in [-0.39, 0.29) is 29.7 Å². The van der Waals surface area contributed by atoms with Crippen molar-refractivity contribution < 1.29 is 19.1 Å². The molecule has 0 unspecified atom stereocenters. The molecule has 0 spiro atoms. The number of carbonyl (C=O) groups excluding carboxylic acids is 2. The highest BCUT2D eigenvalue weighted by atomic mass is 32.1. The van der Waals surface area contributed by atoms with Crippen LogP contribution in [-0.2, 0) is 29.0 Å². The van der Waals surface area contributed by atoms with Gasteiger partial charge in [-0.15, -0.1) is 11.3 Å². The summed E-state index contributed by atoms with van der Waals surface area (Å²) in [7, 11) is 0. The number of ether oxygens (including phenoxy) is 2. The topological polar surface area (TPSA) is 64.6 Å². The fraction of sp³-hybridized carbons (Fsp3) is 0.571. The van der Waals surface area contributed by atoms with Gasteiger partial charge in [0.25, 0.3) is 0 Å². The number of thiophene rings is 1. The molecular formula is C28H33NO4S. The van der Waals surface area contributed by atoms with Crippen molar-refractivity contribution in [2.75, 3.05) is 0 Å². The van der Waals surface area contributed by atoms with E-state index in [0.29, 0.717) is 17.5 Å². The van der Waals surface area contributed by atoms with Gasteiger partial charge >= 0.3 is 11.9 Å². The highest BCUT2D eigenvalue weighted by Crippen LogP contribution is 2.47. The molecule has 0 amide bonds. The first-order valence-electron chi connectivity index (χ1n) is 13.1. The zero-order valence-corrected chi connectivity index (χ0v) is 20.7. The Morgan fingerprint density at radius 2 is 1.62 bits per heavy atom. The first kappa shape index (κ1) is 22.3. The zero-order valence-electron chi connectivity index (χ0n) is 19.9. The number of rotatable bonds is 6. The summed E-state index contributed by atoms with van der Waals surface area (Å²) in [6.45, 7) is 3.16. The number of fused-ring (bicyclic) bond motifs is 5. The minimum absolute atomic E-state index is 0.0245. The number of hydrogen-bond donors (Lipinski definition) is 1. The Hall–Kier alpha value is -2.18. The van der Waals surface area contributed by atoms with Crippen LogP contribution in [0.25, 0.3) is 0 Å². The highest BCUT2D eigenvalue weighted by Gasteiger charge is 2.38. The van der Waals surface area contributed by atoms with Gasteiger partial charge in [-0.05, 0) is 79.8 Å². The van der Waals surface area contributed by atoms with Crippen molar-refractivity contribution in [3.8, 4) is 11.5 Å². The van der Waals surface area contributed by atoms with Crippen LogP contribution >= 0.6 is 11.3 Å². The third kappa shape index (κ3) is 3.99. The van der Waals surface area contributed by atoms with Crippen molar-refractivity contribution in [3.63, 3.8) is 0 Å². The molecule has 0 bridgehead atoms. The number of aryl methyl sites for hydroxylation is 2. The summed E-state index contributed by atoms with van der Waals surface area (Å²) in [5, 5.41) is 3.76. The molecule has 0 radical (unpaired) electrons. The van der Waals surface area contributed by atoms with Gasteiger partial charge in [-0.1, -0.05) is 26.2 Å². The number of esters is 2. The maximum atomic E-state index is 12.8. The minimum Gasteiger partial charge on any atom is -0.422 e. The lowest BCUT2D eigenvalue weighted by molar-refractivity contribution is -0.144. The van der Waals surface area contributed by atoms with E-state index in [2.05, 4.69) is 18.3 Å². The van der Waals surface area contributed by atoms with E-state index in [1.54, 1.807) is 0 Å². The number of carbonyl (C=O) groups is 2. The van der Waals surface area contributed by atoms with Crippen LogP contribution in [0.2, 0.25) is 0 Å². The molecule has 180 valence electrons. The monoisotopic (exact) mass is 479 g/mol. The van der Waals surface area contributed by atoms with Gasteiger partial charge in [-0.2, -0.15) is 0 Å². The lowest BCUT2D eigenvalue weighted by Crippen LogP contribution is -2.42. The lowest BCUT2D eigenvalue weighted by Gasteiger charge is -2.38. The van der Waals surface area contributed by atoms with E-state index in [1.807, 2.05) is 23.5 Å². The van der Waals surface area contributed by atoms with Crippen LogP contribution in [0.1, 0.15) is 90.7 Å². The molecule has 1 aliphatic heterocycles. The maximum Gasteiger partial charge on any atom is 0.314 e. The van der Waals surface area contributed by atoms with Gasteiger partial charge in [0.1, 0.15) is 0 Å². The normalized spacial score (nSPS) is 23.7. The average Bonchev–Trinajstić information content (AvgIpc) is 3.14. The SMILES string of the molecule is CCCc1cc2c(s1)CN[C@@H]1CCc3cc(OC(=O)C4CCC4)c(OC(=O)C4CCC4)cc3[C@@H]21. The molecule has 1 aromatic carbocycles. The standard InChI is InChI=1S/C28H33NO4S/c1-2-5-19-13-21-25(34-19)15-29-22-11-10-18-12-23(32-27(30)16-6-3-7-16)24(14-20(18)26(21)22)33-28(31)17-8-4-9-17/h12-14,16-17,22,26,29H,2-11,15H2,1H3/t22-,26+/m1/s1. The third-order valence-corrected chi connectivity index (χ3v) is 9.43. The predicted molar refractivity (Wildman–Crippen MR) is 131 cm³/mol. The first-order chi connectivity index (χ1) is 16.6. The highest BCUT2D eigenvalue weighted by molar-refractivity contribution is 7.12. The van der Waals surface area contributed by atoms with Gasteiger partial charge in [-0.3, -0.25) is 9.59 Å². The third-order valence-electron chi connectivity index (χ3n) is 8.21. The molecule has 2 aromatic rings. The van der Waals surface area contributed by atoms with E-state index in [0.717, 1.165) is 70.8 Å². The summed E-state index contributed by atoms with van der Waals surface area (Å²) in [5.41, 5.74) is 3.85. The Balaban J connectivity index is 1.38. The van der Waals surface area contributed by atoms with Crippen molar-refractivity contribution in [1.29, 1.82) is 0 Å². The molecule has 3 aliphatic carbocycles. The largest absolute Gasteiger partial charge is 0.422 e. The van der Waals surface area contributed by atoms with Gasteiger partial charge in [0.05, 0.1) is 11.8 Å². The van der Waals surface area contributed by atoms with Crippen LogP contribution in [0.3, 0.4) is 0 Å². The van der Waals surface area contributed by atoms with E-state index in [4.69, 9.17) is 9.47 Å². The van der Waals surface area contributed by atoms with E-state index in [1.165, 1.54) is 26.4 Å². The fourth-order valence-corrected chi connectivity index (χ4v) is 7.02. The quantitative estimate of drug-likeness (QED) is 0.428. The summed E-state index contributed by atoms with van der Waals surface area (Å²) in [6.07, 6.45) is 9.92. The summed E-state index contributed by atoms with van der Waals surface area (Å²) in [6, 6.07) is 6.78. The number of benzene rings is 1. The van der Waals surface area contributed by atoms with Gasteiger partial charge in [0, 0.05) is 28.3 Å². The van der Waals surface area contributed by atoms with Crippen molar-refractivity contribution in [2.24, 2.45) is 11.8 Å². The molecule has 6 rings (SSSR count). The second-order valence-corrected chi connectivity index (χ2v) is 11.7. The second-order valence-electron chi connectivity index (χ2n) is 10.4. The molecule has 2 atom stereocenters. The molecule has 2 saturated carbocycles. The number of nitrogens with one attached hydrogen (secondary N) is 1. The fourth-order valence-electron chi connectivity index (χ4n) is 5.75. The molecular weight excluding hydrogens is 446 g/mol. The average molecular weight is 480 g/mol. The van der Waals surface area contributed by atoms with Gasteiger partial charge < -0.3 is 14.8 Å². The first-order valence-corrected chi connectivity index (χ1v) is 13.9. The molecule has 0 saturated heterocycles. The zero-order chi connectivity index (χ0) is 23.2. The minimum atomic E-state index is -0.192. The van der Waals surface area contributed by atoms with Gasteiger partial charge in [0.2, 0.25) is 0 Å². The Kier molecular flexibility index (Phi) is 5.98. The number of hydrogen-bond acceptors (Lipinski definition) is 6. The van der Waals surface area contributed by atoms with Gasteiger partial charge in [0.15, 0.2) is 11.5 Å². The summed E-state index contributed by atoms with van der Waals surface area (Å²) < 4.78 is 11.8. The lowest BCUT2D eigenvalue weighted by atomic mass is 9.74. The van der Waals surface area contributed by atoms with Crippen LogP contribution in [0, 0.1) is 11.8 Å². The summed E-state index contributed by atoms with van der Waals surface area (Å²) in [4.78, 5) is 28.3. The van der Waals surface area contributed by atoms with Crippen LogP contribution in [0.4, 0.5) is 0 Å². The van der Waals surface area contributed by atoms with Crippen molar-refractivity contribution >= 4 is 23.3 Å². The Bertz CT molecular complexity index is 1110. The summed E-state index contributed by atoms with van der Waals surface area (Å²) >= 11 is 1.93. The molecule has 34 heavy (non-hydrogen) atoms. The summed E-state index contributed by atoms with van der Waals surface area (Å²) in [5.74, 6) is 0.640. The van der Waals surface area contributed by atoms with E-state index < -0.39 is 0 Å². The van der Waals surface area contributed by atoms with E-state index >= 15 is 0 Å². The maximum absolute atomic E-state index is 12.8. The van der Waals surface area contributed by atoms with Crippen LogP contribution in [-0.4, -0.2) is 18.0 Å². The molecule has 5 nitrogen and oxygen atoms in total. The van der Waals surface area contributed by atoms with Crippen molar-refractivity contribution in [2.45, 2.75) is 89.6 Å².